The third kappa shape index (κ3) is 1.10. The van der Waals surface area contributed by atoms with Crippen LogP contribution in [0.5, 0.6) is 0 Å². The van der Waals surface area contributed by atoms with Crippen LogP contribution in [0.1, 0.15) is 6.92 Å². The minimum absolute atomic E-state index is 0.297. The highest BCUT2D eigenvalue weighted by Crippen LogP contribution is 2.31. The van der Waals surface area contributed by atoms with Crippen LogP contribution in [-0.4, -0.2) is 19.1 Å². The van der Waals surface area contributed by atoms with Crippen molar-refractivity contribution in [3.8, 4) is 0 Å². The molecule has 1 fully saturated rings. The van der Waals surface area contributed by atoms with Crippen molar-refractivity contribution in [1.82, 2.24) is 5.32 Å². The van der Waals surface area contributed by atoms with Gasteiger partial charge in [0, 0.05) is 12.6 Å². The molecule has 11 heavy (non-hydrogen) atoms. The summed E-state index contributed by atoms with van der Waals surface area (Å²) < 4.78 is 0. The van der Waals surface area contributed by atoms with E-state index >= 15 is 0 Å². The van der Waals surface area contributed by atoms with Crippen LogP contribution < -0.4 is 11.1 Å². The highest BCUT2D eigenvalue weighted by atomic mass is 14.9. The van der Waals surface area contributed by atoms with E-state index in [0.717, 1.165) is 24.9 Å². The molecule has 0 aromatic rings. The maximum Gasteiger partial charge on any atom is 0.0268 e. The maximum absolute atomic E-state index is 5.96. The predicted octanol–water partition coefficient (Wildman–Crippen LogP) is 0.355. The number of fused-ring (bicyclic) bond motifs is 1. The normalized spacial score (nSPS) is 49.3. The van der Waals surface area contributed by atoms with Crippen molar-refractivity contribution in [3.63, 3.8) is 0 Å². The van der Waals surface area contributed by atoms with Gasteiger partial charge in [-0.1, -0.05) is 19.1 Å². The molecule has 1 aliphatic heterocycles. The van der Waals surface area contributed by atoms with Gasteiger partial charge in [0.1, 0.15) is 0 Å². The van der Waals surface area contributed by atoms with Gasteiger partial charge >= 0.3 is 0 Å². The third-order valence-corrected chi connectivity index (χ3v) is 3.12. The number of rotatable bonds is 0. The molecule has 0 bridgehead atoms. The molecule has 62 valence electrons. The molecule has 1 saturated heterocycles. The Labute approximate surface area is 67.8 Å². The molecular weight excluding hydrogens is 136 g/mol. The SMILES string of the molecule is C[C@@H]1C=C[C@H](N)[C@@H]2CNC[C@@H]21. The topological polar surface area (TPSA) is 38.0 Å². The molecular formula is C9H16N2. The van der Waals surface area contributed by atoms with Gasteiger partial charge in [0.15, 0.2) is 0 Å². The first-order valence-electron chi connectivity index (χ1n) is 4.43. The lowest BCUT2D eigenvalue weighted by Gasteiger charge is -2.30. The minimum atomic E-state index is 0.297. The summed E-state index contributed by atoms with van der Waals surface area (Å²) in [5.74, 6) is 2.19. The molecule has 0 saturated carbocycles. The fourth-order valence-electron chi connectivity index (χ4n) is 2.31. The van der Waals surface area contributed by atoms with Crippen LogP contribution >= 0.6 is 0 Å². The molecule has 0 unspecified atom stereocenters. The molecule has 0 aromatic carbocycles. The van der Waals surface area contributed by atoms with Gasteiger partial charge in [-0.25, -0.2) is 0 Å². The Bertz CT molecular complexity index is 158. The molecule has 2 nitrogen and oxygen atoms in total. The Hall–Kier alpha value is -0.340. The van der Waals surface area contributed by atoms with Crippen LogP contribution in [0.25, 0.3) is 0 Å². The summed E-state index contributed by atoms with van der Waals surface area (Å²) in [6.07, 6.45) is 4.43. The molecule has 4 atom stereocenters. The van der Waals surface area contributed by atoms with Gasteiger partial charge in [-0.05, 0) is 24.3 Å². The summed E-state index contributed by atoms with van der Waals surface area (Å²) in [5, 5.41) is 3.41. The highest BCUT2D eigenvalue weighted by Gasteiger charge is 2.35. The molecule has 1 heterocycles. The fraction of sp³-hybridized carbons (Fsp3) is 0.778. The molecule has 0 amide bonds. The summed E-state index contributed by atoms with van der Waals surface area (Å²) in [6.45, 7) is 4.55. The first-order chi connectivity index (χ1) is 5.29. The lowest BCUT2D eigenvalue weighted by atomic mass is 9.77. The van der Waals surface area contributed by atoms with Crippen LogP contribution in [0, 0.1) is 17.8 Å². The van der Waals surface area contributed by atoms with Crippen LogP contribution in [0.2, 0.25) is 0 Å². The van der Waals surface area contributed by atoms with Gasteiger partial charge < -0.3 is 11.1 Å². The molecule has 0 spiro atoms. The highest BCUT2D eigenvalue weighted by molar-refractivity contribution is 5.09. The minimum Gasteiger partial charge on any atom is -0.324 e. The third-order valence-electron chi connectivity index (χ3n) is 3.12. The molecule has 1 aliphatic carbocycles. The van der Waals surface area contributed by atoms with Crippen LogP contribution in [0.4, 0.5) is 0 Å². The van der Waals surface area contributed by atoms with Gasteiger partial charge in [0.05, 0.1) is 0 Å². The average Bonchev–Trinajstić information content (AvgIpc) is 2.45. The van der Waals surface area contributed by atoms with E-state index < -0.39 is 0 Å². The van der Waals surface area contributed by atoms with Crippen molar-refractivity contribution >= 4 is 0 Å². The van der Waals surface area contributed by atoms with E-state index in [2.05, 4.69) is 24.4 Å². The zero-order chi connectivity index (χ0) is 7.84. The standard InChI is InChI=1S/C9H16N2/c1-6-2-3-9(10)8-5-11-4-7(6)8/h2-3,6-9,11H,4-5,10H2,1H3/t6-,7-,8-,9+/m1/s1. The Morgan fingerprint density at radius 3 is 2.73 bits per heavy atom. The van der Waals surface area contributed by atoms with Gasteiger partial charge in [-0.15, -0.1) is 0 Å². The number of nitrogens with two attached hydrogens (primary N) is 1. The molecule has 2 heteroatoms. The van der Waals surface area contributed by atoms with E-state index in [-0.39, 0.29) is 0 Å². The summed E-state index contributed by atoms with van der Waals surface area (Å²) >= 11 is 0. The predicted molar refractivity (Wildman–Crippen MR) is 46.1 cm³/mol. The largest absolute Gasteiger partial charge is 0.324 e. The fourth-order valence-corrected chi connectivity index (χ4v) is 2.31. The number of nitrogens with one attached hydrogen (secondary N) is 1. The summed E-state index contributed by atoms with van der Waals surface area (Å²) in [7, 11) is 0. The van der Waals surface area contributed by atoms with E-state index in [0.29, 0.717) is 12.0 Å². The lowest BCUT2D eigenvalue weighted by Crippen LogP contribution is -2.38. The molecule has 2 aliphatic rings. The van der Waals surface area contributed by atoms with Gasteiger partial charge in [-0.3, -0.25) is 0 Å². The van der Waals surface area contributed by atoms with E-state index in [1.54, 1.807) is 0 Å². The van der Waals surface area contributed by atoms with Gasteiger partial charge in [0.2, 0.25) is 0 Å². The number of hydrogen-bond donors (Lipinski definition) is 2. The van der Waals surface area contributed by atoms with Gasteiger partial charge in [0.25, 0.3) is 0 Å². The van der Waals surface area contributed by atoms with Crippen LogP contribution in [0.3, 0.4) is 0 Å². The smallest absolute Gasteiger partial charge is 0.0268 e. The monoisotopic (exact) mass is 152 g/mol. The molecule has 0 radical (unpaired) electrons. The number of hydrogen-bond acceptors (Lipinski definition) is 2. The quantitative estimate of drug-likeness (QED) is 0.492. The van der Waals surface area contributed by atoms with E-state index in [1.807, 2.05) is 0 Å². The molecule has 0 aromatic heterocycles. The summed E-state index contributed by atoms with van der Waals surface area (Å²) in [6, 6.07) is 0.297. The van der Waals surface area contributed by atoms with E-state index in [4.69, 9.17) is 5.73 Å². The maximum atomic E-state index is 5.96. The zero-order valence-electron chi connectivity index (χ0n) is 6.96. The second-order valence-electron chi connectivity index (χ2n) is 3.81. The first-order valence-corrected chi connectivity index (χ1v) is 4.43. The average molecular weight is 152 g/mol. The lowest BCUT2D eigenvalue weighted by molar-refractivity contribution is 0.304. The van der Waals surface area contributed by atoms with Crippen LogP contribution in [-0.2, 0) is 0 Å². The van der Waals surface area contributed by atoms with E-state index in [9.17, 15) is 0 Å². The Morgan fingerprint density at radius 2 is 2.00 bits per heavy atom. The first kappa shape index (κ1) is 7.32. The Kier molecular flexibility index (Phi) is 1.74. The van der Waals surface area contributed by atoms with Crippen LogP contribution in [0.15, 0.2) is 12.2 Å². The molecule has 2 rings (SSSR count). The van der Waals surface area contributed by atoms with E-state index in [1.165, 1.54) is 0 Å². The van der Waals surface area contributed by atoms with Crippen molar-refractivity contribution in [2.24, 2.45) is 23.5 Å². The Morgan fingerprint density at radius 1 is 1.27 bits per heavy atom. The number of allylic oxidation sites excluding steroid dienone is 1. The van der Waals surface area contributed by atoms with Crippen molar-refractivity contribution in [2.75, 3.05) is 13.1 Å². The van der Waals surface area contributed by atoms with Crippen molar-refractivity contribution in [1.29, 1.82) is 0 Å². The van der Waals surface area contributed by atoms with Crippen molar-refractivity contribution in [2.45, 2.75) is 13.0 Å². The second kappa shape index (κ2) is 2.61. The summed E-state index contributed by atoms with van der Waals surface area (Å²) in [4.78, 5) is 0. The zero-order valence-corrected chi connectivity index (χ0v) is 6.96. The van der Waals surface area contributed by atoms with Crippen molar-refractivity contribution < 1.29 is 0 Å². The van der Waals surface area contributed by atoms with Crippen molar-refractivity contribution in [3.05, 3.63) is 12.2 Å². The van der Waals surface area contributed by atoms with Gasteiger partial charge in [-0.2, -0.15) is 0 Å². The Balaban J connectivity index is 2.18. The molecule has 3 N–H and O–H groups in total. The summed E-state index contributed by atoms with van der Waals surface area (Å²) in [5.41, 5.74) is 5.96. The second-order valence-corrected chi connectivity index (χ2v) is 3.81.